The first kappa shape index (κ1) is 19.3. The first-order chi connectivity index (χ1) is 14.3. The molecular formula is C21H12N2O6S. The Bertz CT molecular complexity index is 1210. The van der Waals surface area contributed by atoms with Crippen LogP contribution in [0.25, 0.3) is 0 Å². The first-order valence-electron chi connectivity index (χ1n) is 8.63. The maximum atomic E-state index is 12.7. The van der Waals surface area contributed by atoms with Crippen molar-refractivity contribution < 1.29 is 24.4 Å². The summed E-state index contributed by atoms with van der Waals surface area (Å²) in [5, 5.41) is 19.8. The molecule has 0 saturated heterocycles. The van der Waals surface area contributed by atoms with E-state index in [9.17, 15) is 24.5 Å². The van der Waals surface area contributed by atoms with E-state index in [0.717, 1.165) is 14.7 Å². The topological polar surface area (TPSA) is 118 Å². The molecule has 2 amide bonds. The molecule has 0 fully saturated rings. The monoisotopic (exact) mass is 420 g/mol. The van der Waals surface area contributed by atoms with Crippen molar-refractivity contribution in [1.82, 2.24) is 0 Å². The third-order valence-corrected chi connectivity index (χ3v) is 5.53. The number of anilines is 1. The summed E-state index contributed by atoms with van der Waals surface area (Å²) in [7, 11) is 0. The van der Waals surface area contributed by atoms with Gasteiger partial charge in [-0.2, -0.15) is 0 Å². The number of non-ortho nitro benzene ring substituents is 1. The van der Waals surface area contributed by atoms with Gasteiger partial charge in [0.15, 0.2) is 0 Å². The number of nitro benzene ring substituents is 1. The zero-order valence-electron chi connectivity index (χ0n) is 15.1. The van der Waals surface area contributed by atoms with Crippen LogP contribution in [-0.2, 0) is 0 Å². The smallest absolute Gasteiger partial charge is 0.335 e. The minimum atomic E-state index is -1.18. The van der Waals surface area contributed by atoms with E-state index in [1.54, 1.807) is 36.4 Å². The summed E-state index contributed by atoms with van der Waals surface area (Å²) < 4.78 is 0. The predicted octanol–water partition coefficient (Wildman–Crippen LogP) is 4.24. The largest absolute Gasteiger partial charge is 0.478 e. The molecule has 1 aliphatic heterocycles. The third-order valence-electron chi connectivity index (χ3n) is 4.51. The van der Waals surface area contributed by atoms with Crippen LogP contribution < -0.4 is 4.90 Å². The van der Waals surface area contributed by atoms with E-state index in [0.29, 0.717) is 5.69 Å². The molecule has 0 saturated carbocycles. The van der Waals surface area contributed by atoms with E-state index >= 15 is 0 Å². The van der Waals surface area contributed by atoms with Crippen LogP contribution >= 0.6 is 11.8 Å². The molecule has 0 spiro atoms. The van der Waals surface area contributed by atoms with Crippen LogP contribution in [-0.4, -0.2) is 27.8 Å². The second-order valence-corrected chi connectivity index (χ2v) is 7.51. The molecule has 1 aliphatic rings. The standard InChI is InChI=1S/C21H12N2O6S/c24-19-17-10-1-12(21(26)27)11-18(17)20(25)22(19)13-2-6-15(7-3-13)30-16-8-4-14(5-9-16)23(28)29/h1-11H,(H,26,27). The Balaban J connectivity index is 1.55. The number of nitro groups is 1. The summed E-state index contributed by atoms with van der Waals surface area (Å²) in [6, 6.07) is 16.7. The molecule has 3 aromatic carbocycles. The van der Waals surface area contributed by atoms with Gasteiger partial charge in [-0.1, -0.05) is 11.8 Å². The number of fused-ring (bicyclic) bond motifs is 1. The summed E-state index contributed by atoms with van der Waals surface area (Å²) in [4.78, 5) is 49.4. The molecule has 0 atom stereocenters. The number of carboxylic acids is 1. The second kappa shape index (κ2) is 7.45. The van der Waals surface area contributed by atoms with Crippen molar-refractivity contribution in [2.75, 3.05) is 4.90 Å². The lowest BCUT2D eigenvalue weighted by atomic mass is 10.1. The normalized spacial score (nSPS) is 12.7. The van der Waals surface area contributed by atoms with Crippen LogP contribution in [0.2, 0.25) is 0 Å². The zero-order chi connectivity index (χ0) is 21.4. The lowest BCUT2D eigenvalue weighted by Gasteiger charge is -2.14. The molecule has 0 unspecified atom stereocenters. The Morgan fingerprint density at radius 2 is 1.43 bits per heavy atom. The fraction of sp³-hybridized carbons (Fsp3) is 0. The van der Waals surface area contributed by atoms with Crippen LogP contribution in [0.1, 0.15) is 31.1 Å². The Kier molecular flexibility index (Phi) is 4.80. The highest BCUT2D eigenvalue weighted by Crippen LogP contribution is 2.33. The Morgan fingerprint density at radius 1 is 0.867 bits per heavy atom. The minimum absolute atomic E-state index is 0.00591. The van der Waals surface area contributed by atoms with Crippen LogP contribution in [0.15, 0.2) is 76.5 Å². The van der Waals surface area contributed by atoms with Gasteiger partial charge >= 0.3 is 5.97 Å². The SMILES string of the molecule is O=C(O)c1ccc2c(c1)C(=O)N(c1ccc(Sc3ccc([N+](=O)[O-])cc3)cc1)C2=O. The molecule has 0 bridgehead atoms. The van der Waals surface area contributed by atoms with Gasteiger partial charge in [-0.25, -0.2) is 9.69 Å². The van der Waals surface area contributed by atoms with E-state index in [-0.39, 0.29) is 22.4 Å². The number of carbonyl (C=O) groups is 3. The molecule has 1 heterocycles. The van der Waals surface area contributed by atoms with Crippen molar-refractivity contribution in [2.45, 2.75) is 9.79 Å². The van der Waals surface area contributed by atoms with Crippen molar-refractivity contribution in [3.05, 3.63) is 93.5 Å². The van der Waals surface area contributed by atoms with E-state index in [1.807, 2.05) is 0 Å². The Labute approximate surface area is 173 Å². The van der Waals surface area contributed by atoms with Gasteiger partial charge in [0.25, 0.3) is 17.5 Å². The lowest BCUT2D eigenvalue weighted by molar-refractivity contribution is -0.384. The highest BCUT2D eigenvalue weighted by atomic mass is 32.2. The molecule has 3 aromatic rings. The number of nitrogens with zero attached hydrogens (tertiary/aromatic N) is 2. The van der Waals surface area contributed by atoms with Crippen LogP contribution in [0.3, 0.4) is 0 Å². The average Bonchev–Trinajstić information content (AvgIpc) is 2.99. The maximum Gasteiger partial charge on any atom is 0.335 e. The summed E-state index contributed by atoms with van der Waals surface area (Å²) in [5.41, 5.74) is 0.530. The Morgan fingerprint density at radius 3 is 2.00 bits per heavy atom. The second-order valence-electron chi connectivity index (χ2n) is 6.36. The Hall–Kier alpha value is -3.98. The van der Waals surface area contributed by atoms with Gasteiger partial charge in [-0.3, -0.25) is 19.7 Å². The number of carboxylic acid groups (broad SMARTS) is 1. The minimum Gasteiger partial charge on any atom is -0.478 e. The van der Waals surface area contributed by atoms with Crippen LogP contribution in [0.5, 0.6) is 0 Å². The molecule has 4 rings (SSSR count). The van der Waals surface area contributed by atoms with E-state index in [1.165, 1.54) is 42.1 Å². The van der Waals surface area contributed by atoms with E-state index in [2.05, 4.69) is 0 Å². The van der Waals surface area contributed by atoms with Crippen molar-refractivity contribution in [2.24, 2.45) is 0 Å². The predicted molar refractivity (Wildman–Crippen MR) is 108 cm³/mol. The van der Waals surface area contributed by atoms with Crippen molar-refractivity contribution in [1.29, 1.82) is 0 Å². The number of hydrogen-bond donors (Lipinski definition) is 1. The molecule has 30 heavy (non-hydrogen) atoms. The van der Waals surface area contributed by atoms with Crippen molar-refractivity contribution in [3.8, 4) is 0 Å². The summed E-state index contributed by atoms with van der Waals surface area (Å²) in [6.07, 6.45) is 0. The van der Waals surface area contributed by atoms with Gasteiger partial charge in [0.05, 0.1) is 27.3 Å². The lowest BCUT2D eigenvalue weighted by Crippen LogP contribution is -2.29. The molecule has 9 heteroatoms. The molecule has 0 aromatic heterocycles. The number of amides is 2. The van der Waals surface area contributed by atoms with Crippen LogP contribution in [0.4, 0.5) is 11.4 Å². The van der Waals surface area contributed by atoms with Crippen molar-refractivity contribution in [3.63, 3.8) is 0 Å². The first-order valence-corrected chi connectivity index (χ1v) is 9.45. The maximum absolute atomic E-state index is 12.7. The van der Waals surface area contributed by atoms with E-state index < -0.39 is 22.7 Å². The third kappa shape index (κ3) is 3.42. The van der Waals surface area contributed by atoms with Crippen molar-refractivity contribution >= 4 is 40.9 Å². The fourth-order valence-electron chi connectivity index (χ4n) is 3.04. The molecule has 0 radical (unpaired) electrons. The quantitative estimate of drug-likeness (QED) is 0.372. The van der Waals surface area contributed by atoms with Gasteiger partial charge in [-0.05, 0) is 54.6 Å². The van der Waals surface area contributed by atoms with E-state index in [4.69, 9.17) is 5.11 Å². The van der Waals surface area contributed by atoms with Gasteiger partial charge in [0, 0.05) is 21.9 Å². The highest BCUT2D eigenvalue weighted by molar-refractivity contribution is 7.99. The number of benzene rings is 3. The fourth-order valence-corrected chi connectivity index (χ4v) is 3.86. The average molecular weight is 420 g/mol. The highest BCUT2D eigenvalue weighted by Gasteiger charge is 2.37. The van der Waals surface area contributed by atoms with Gasteiger partial charge in [-0.15, -0.1) is 0 Å². The van der Waals surface area contributed by atoms with Crippen LogP contribution in [0, 0.1) is 10.1 Å². The van der Waals surface area contributed by atoms with Gasteiger partial charge < -0.3 is 5.11 Å². The number of rotatable bonds is 5. The zero-order valence-corrected chi connectivity index (χ0v) is 16.0. The summed E-state index contributed by atoms with van der Waals surface area (Å²) in [5.74, 6) is -2.26. The number of imide groups is 1. The number of hydrogen-bond acceptors (Lipinski definition) is 6. The molecule has 148 valence electrons. The number of aromatic carboxylic acids is 1. The number of carbonyl (C=O) groups excluding carboxylic acids is 2. The molecule has 8 nitrogen and oxygen atoms in total. The van der Waals surface area contributed by atoms with Gasteiger partial charge in [0.1, 0.15) is 0 Å². The molecule has 0 aliphatic carbocycles. The molecular weight excluding hydrogens is 408 g/mol. The summed E-state index contributed by atoms with van der Waals surface area (Å²) in [6.45, 7) is 0. The summed E-state index contributed by atoms with van der Waals surface area (Å²) >= 11 is 1.38. The molecule has 1 N–H and O–H groups in total. The van der Waals surface area contributed by atoms with Gasteiger partial charge in [0.2, 0.25) is 0 Å².